The first-order valence-electron chi connectivity index (χ1n) is 7.42. The summed E-state index contributed by atoms with van der Waals surface area (Å²) in [4.78, 5) is 0. The molecule has 0 spiro atoms. The number of benzene rings is 1. The third-order valence-corrected chi connectivity index (χ3v) is 3.88. The number of aliphatic hydroxyl groups is 2. The fraction of sp³-hybridized carbons (Fsp3) is 0.625. The lowest BCUT2D eigenvalue weighted by Crippen LogP contribution is -2.61. The van der Waals surface area contributed by atoms with E-state index in [1.165, 1.54) is 0 Å². The van der Waals surface area contributed by atoms with Crippen molar-refractivity contribution in [3.8, 4) is 0 Å². The zero-order chi connectivity index (χ0) is 15.8. The molecule has 0 bridgehead atoms. The van der Waals surface area contributed by atoms with Gasteiger partial charge in [0.05, 0.1) is 13.2 Å². The molecule has 122 valence electrons. The zero-order valence-electron chi connectivity index (χ0n) is 12.8. The van der Waals surface area contributed by atoms with Crippen LogP contribution in [0, 0.1) is 0 Å². The first kappa shape index (κ1) is 15.9. The summed E-state index contributed by atoms with van der Waals surface area (Å²) in [5.74, 6) is -2.11. The van der Waals surface area contributed by atoms with Gasteiger partial charge in [-0.05, 0) is 19.4 Å². The van der Waals surface area contributed by atoms with Crippen molar-refractivity contribution in [2.24, 2.45) is 0 Å². The summed E-state index contributed by atoms with van der Waals surface area (Å²) >= 11 is 0. The van der Waals surface area contributed by atoms with Crippen LogP contribution >= 0.6 is 0 Å². The highest BCUT2D eigenvalue weighted by Crippen LogP contribution is 2.42. The minimum atomic E-state index is -1.20. The van der Waals surface area contributed by atoms with Crippen molar-refractivity contribution in [2.45, 2.75) is 50.3 Å². The Hall–Kier alpha value is -1.02. The quantitative estimate of drug-likeness (QED) is 0.857. The highest BCUT2D eigenvalue weighted by molar-refractivity contribution is 5.13. The molecule has 2 heterocycles. The molecule has 2 aliphatic rings. The van der Waals surface area contributed by atoms with Crippen molar-refractivity contribution in [3.05, 3.63) is 35.9 Å². The molecule has 4 atom stereocenters. The van der Waals surface area contributed by atoms with Crippen molar-refractivity contribution in [2.75, 3.05) is 13.2 Å². The maximum absolute atomic E-state index is 10.2. The number of ether oxygens (including phenoxy) is 4. The molecule has 0 aliphatic carbocycles. The van der Waals surface area contributed by atoms with E-state index in [4.69, 9.17) is 18.9 Å². The van der Waals surface area contributed by atoms with Crippen LogP contribution in [0.15, 0.2) is 30.3 Å². The molecule has 0 amide bonds. The van der Waals surface area contributed by atoms with Crippen LogP contribution in [0.25, 0.3) is 0 Å². The largest absolute Gasteiger partial charge is 0.388 e. The Bertz CT molecular complexity index is 505. The molecular weight excluding hydrogens is 288 g/mol. The van der Waals surface area contributed by atoms with Crippen LogP contribution in [-0.2, 0) is 25.6 Å². The number of hydrogen-bond acceptors (Lipinski definition) is 6. The van der Waals surface area contributed by atoms with Crippen molar-refractivity contribution < 1.29 is 29.2 Å². The van der Waals surface area contributed by atoms with Gasteiger partial charge in [0.25, 0.3) is 0 Å². The number of hydrogen-bond donors (Lipinski definition) is 2. The summed E-state index contributed by atoms with van der Waals surface area (Å²) in [5.41, 5.74) is 1.03. The van der Waals surface area contributed by atoms with Crippen LogP contribution in [0.5, 0.6) is 0 Å². The van der Waals surface area contributed by atoms with E-state index in [1.807, 2.05) is 30.3 Å². The summed E-state index contributed by atoms with van der Waals surface area (Å²) in [5, 5.41) is 19.9. The number of aliphatic hydroxyl groups excluding tert-OH is 2. The molecule has 0 saturated carbocycles. The Morgan fingerprint density at radius 2 is 1.95 bits per heavy atom. The first-order valence-corrected chi connectivity index (χ1v) is 7.42. The second kappa shape index (κ2) is 5.88. The fourth-order valence-corrected chi connectivity index (χ4v) is 2.90. The smallest absolute Gasteiger partial charge is 0.224 e. The molecule has 3 rings (SSSR count). The number of rotatable bonds is 4. The lowest BCUT2D eigenvalue weighted by Gasteiger charge is -2.40. The Labute approximate surface area is 129 Å². The van der Waals surface area contributed by atoms with E-state index in [2.05, 4.69) is 0 Å². The van der Waals surface area contributed by atoms with Gasteiger partial charge >= 0.3 is 0 Å². The first-order chi connectivity index (χ1) is 10.4. The molecular formula is C16H22O6. The van der Waals surface area contributed by atoms with Crippen molar-refractivity contribution in [1.82, 2.24) is 0 Å². The van der Waals surface area contributed by atoms with Crippen LogP contribution in [0.4, 0.5) is 0 Å². The molecule has 6 nitrogen and oxygen atoms in total. The van der Waals surface area contributed by atoms with E-state index in [-0.39, 0.29) is 13.2 Å². The van der Waals surface area contributed by atoms with E-state index in [0.717, 1.165) is 5.56 Å². The minimum absolute atomic E-state index is 0.0220. The van der Waals surface area contributed by atoms with Gasteiger partial charge in [-0.15, -0.1) is 0 Å². The van der Waals surface area contributed by atoms with E-state index in [9.17, 15) is 10.2 Å². The molecule has 2 fully saturated rings. The molecule has 0 radical (unpaired) electrons. The maximum Gasteiger partial charge on any atom is 0.224 e. The van der Waals surface area contributed by atoms with E-state index < -0.39 is 29.9 Å². The Morgan fingerprint density at radius 3 is 2.68 bits per heavy atom. The second-order valence-corrected chi connectivity index (χ2v) is 6.20. The zero-order valence-corrected chi connectivity index (χ0v) is 12.8. The van der Waals surface area contributed by atoms with Gasteiger partial charge in [-0.1, -0.05) is 30.3 Å². The molecule has 6 heteroatoms. The van der Waals surface area contributed by atoms with Gasteiger partial charge in [0.15, 0.2) is 5.79 Å². The molecule has 2 N–H and O–H groups in total. The van der Waals surface area contributed by atoms with Gasteiger partial charge < -0.3 is 29.2 Å². The summed E-state index contributed by atoms with van der Waals surface area (Å²) < 4.78 is 22.9. The topological polar surface area (TPSA) is 77.4 Å². The molecule has 22 heavy (non-hydrogen) atoms. The monoisotopic (exact) mass is 310 g/mol. The van der Waals surface area contributed by atoms with Crippen molar-refractivity contribution in [3.63, 3.8) is 0 Å². The lowest BCUT2D eigenvalue weighted by atomic mass is 9.97. The van der Waals surface area contributed by atoms with Gasteiger partial charge in [-0.2, -0.15) is 0 Å². The average Bonchev–Trinajstić information content (AvgIpc) is 2.76. The summed E-state index contributed by atoms with van der Waals surface area (Å²) in [6, 6.07) is 9.75. The van der Waals surface area contributed by atoms with Gasteiger partial charge in [0.1, 0.15) is 24.9 Å². The van der Waals surface area contributed by atoms with E-state index >= 15 is 0 Å². The third kappa shape index (κ3) is 3.03. The lowest BCUT2D eigenvalue weighted by molar-refractivity contribution is -0.309. The molecule has 2 saturated heterocycles. The Kier molecular flexibility index (Phi) is 4.24. The second-order valence-electron chi connectivity index (χ2n) is 6.20. The van der Waals surface area contributed by atoms with Crippen LogP contribution in [0.1, 0.15) is 19.4 Å². The van der Waals surface area contributed by atoms with E-state index in [1.54, 1.807) is 13.8 Å². The van der Waals surface area contributed by atoms with Crippen LogP contribution in [-0.4, -0.2) is 53.3 Å². The van der Waals surface area contributed by atoms with Crippen LogP contribution in [0.3, 0.4) is 0 Å². The standard InChI is InChI=1S/C16H22O6/c1-15(2)21-14-13(18)12(17)9-20-16(14,22-15)10-19-8-11-6-4-3-5-7-11/h3-7,12-14,17-18H,8-10H2,1-2H3/t12-,13-,14+,16+/m1/s1. The molecule has 0 aromatic heterocycles. The summed E-state index contributed by atoms with van der Waals surface area (Å²) in [7, 11) is 0. The molecule has 1 aromatic carbocycles. The predicted octanol–water partition coefficient (Wildman–Crippen LogP) is 0.803. The van der Waals surface area contributed by atoms with Gasteiger partial charge in [0.2, 0.25) is 5.79 Å². The van der Waals surface area contributed by atoms with Crippen molar-refractivity contribution in [1.29, 1.82) is 0 Å². The van der Waals surface area contributed by atoms with Crippen molar-refractivity contribution >= 4 is 0 Å². The minimum Gasteiger partial charge on any atom is -0.388 e. The number of fused-ring (bicyclic) bond motifs is 1. The predicted molar refractivity (Wildman–Crippen MR) is 76.8 cm³/mol. The van der Waals surface area contributed by atoms with E-state index in [0.29, 0.717) is 6.61 Å². The van der Waals surface area contributed by atoms with Gasteiger partial charge in [-0.3, -0.25) is 0 Å². The normalized spacial score (nSPS) is 37.0. The maximum atomic E-state index is 10.2. The van der Waals surface area contributed by atoms with Gasteiger partial charge in [0, 0.05) is 0 Å². The van der Waals surface area contributed by atoms with Crippen LogP contribution < -0.4 is 0 Å². The summed E-state index contributed by atoms with van der Waals surface area (Å²) in [6.45, 7) is 3.98. The molecule has 2 aliphatic heterocycles. The molecule has 1 aromatic rings. The molecule has 0 unspecified atom stereocenters. The highest BCUT2D eigenvalue weighted by atomic mass is 16.9. The fourth-order valence-electron chi connectivity index (χ4n) is 2.90. The van der Waals surface area contributed by atoms with Gasteiger partial charge in [-0.25, -0.2) is 0 Å². The SMILES string of the molecule is CC1(C)O[C@H]2[C@H](O)[C@H](O)CO[C@@]2(COCc2ccccc2)O1. The third-order valence-electron chi connectivity index (χ3n) is 3.88. The highest BCUT2D eigenvalue weighted by Gasteiger charge is 2.61. The Morgan fingerprint density at radius 1 is 1.23 bits per heavy atom. The Balaban J connectivity index is 1.69. The average molecular weight is 310 g/mol. The summed E-state index contributed by atoms with van der Waals surface area (Å²) in [6.07, 6.45) is -2.86. The van der Waals surface area contributed by atoms with Crippen LogP contribution in [0.2, 0.25) is 0 Å².